The fourth-order valence-electron chi connectivity index (χ4n) is 7.60. The fourth-order valence-corrected chi connectivity index (χ4v) is 16.2. The van der Waals surface area contributed by atoms with Crippen molar-refractivity contribution >= 4 is 26.8 Å². The van der Waals surface area contributed by atoms with E-state index >= 15 is 0 Å². The van der Waals surface area contributed by atoms with Gasteiger partial charge in [0, 0.05) is 14.1 Å². The Morgan fingerprint density at radius 3 is 1.50 bits per heavy atom. The lowest BCUT2D eigenvalue weighted by Crippen LogP contribution is -2.36. The van der Waals surface area contributed by atoms with Gasteiger partial charge in [0.2, 0.25) is 0 Å². The molecule has 6 rings (SSSR count). The Bertz CT molecular complexity index is 804. The molecule has 4 fully saturated rings. The summed E-state index contributed by atoms with van der Waals surface area (Å²) in [6.07, 6.45) is 17.9. The predicted octanol–water partition coefficient (Wildman–Crippen LogP) is 7.81. The standard InChI is InChI=1S/C29H39NP2/c1-3-15-24(16-4-1)31(25-17-5-2-6-18-25)30(23-13-7-8-14-23)32-28-21-11-9-19-26(28)27-20-10-12-22-29(27)32/h1-6,15-18,23,26-29H,7-14,19-22H2. The molecule has 4 atom stereocenters. The first-order valence-electron chi connectivity index (χ1n) is 13.4. The van der Waals surface area contributed by atoms with Gasteiger partial charge in [-0.1, -0.05) is 99.2 Å². The van der Waals surface area contributed by atoms with E-state index in [0.717, 1.165) is 29.2 Å². The van der Waals surface area contributed by atoms with Gasteiger partial charge >= 0.3 is 0 Å². The van der Waals surface area contributed by atoms with E-state index in [1.54, 1.807) is 10.6 Å². The highest BCUT2D eigenvalue weighted by molar-refractivity contribution is 7.79. The van der Waals surface area contributed by atoms with Crippen molar-refractivity contribution in [2.24, 2.45) is 11.8 Å². The normalized spacial score (nSPS) is 32.9. The molecular weight excluding hydrogens is 424 g/mol. The highest BCUT2D eigenvalue weighted by Crippen LogP contribution is 2.74. The fraction of sp³-hybridized carbons (Fsp3) is 0.586. The molecular formula is C29H39NP2. The molecule has 0 radical (unpaired) electrons. The molecule has 1 heterocycles. The Balaban J connectivity index is 1.47. The average molecular weight is 464 g/mol. The van der Waals surface area contributed by atoms with Crippen LogP contribution in [-0.4, -0.2) is 21.8 Å². The van der Waals surface area contributed by atoms with Gasteiger partial charge in [-0.05, 0) is 80.4 Å². The van der Waals surface area contributed by atoms with E-state index in [1.807, 2.05) is 0 Å². The maximum Gasteiger partial charge on any atom is 0.0321 e. The SMILES string of the molecule is c1ccc(P(c2ccccc2)N(C2CCCC2)P2C3CCCCC3C3CCCCC32)cc1. The summed E-state index contributed by atoms with van der Waals surface area (Å²) in [7, 11) is -0.498. The lowest BCUT2D eigenvalue weighted by Gasteiger charge is -2.47. The van der Waals surface area contributed by atoms with Crippen molar-refractivity contribution < 1.29 is 0 Å². The summed E-state index contributed by atoms with van der Waals surface area (Å²) in [5.41, 5.74) is 2.04. The molecule has 0 N–H and O–H groups in total. The monoisotopic (exact) mass is 463 g/mol. The van der Waals surface area contributed by atoms with Crippen LogP contribution in [0.25, 0.3) is 0 Å². The van der Waals surface area contributed by atoms with Gasteiger partial charge in [-0.25, -0.2) is 4.44 Å². The second-order valence-electron chi connectivity index (χ2n) is 10.7. The smallest absolute Gasteiger partial charge is 0.0321 e. The third-order valence-electron chi connectivity index (χ3n) is 8.89. The molecule has 2 aromatic rings. The minimum Gasteiger partial charge on any atom is -0.249 e. The van der Waals surface area contributed by atoms with Crippen LogP contribution >= 0.6 is 16.1 Å². The number of fused-ring (bicyclic) bond motifs is 3. The molecule has 0 spiro atoms. The molecule has 3 heteroatoms. The Morgan fingerprint density at radius 2 is 1.00 bits per heavy atom. The zero-order chi connectivity index (χ0) is 21.3. The Morgan fingerprint density at radius 1 is 0.562 bits per heavy atom. The van der Waals surface area contributed by atoms with Crippen molar-refractivity contribution in [1.29, 1.82) is 0 Å². The Labute approximate surface area is 198 Å². The molecule has 0 aromatic heterocycles. The molecule has 1 nitrogen and oxygen atoms in total. The van der Waals surface area contributed by atoms with Crippen LogP contribution in [0, 0.1) is 11.8 Å². The maximum atomic E-state index is 3.28. The summed E-state index contributed by atoms with van der Waals surface area (Å²) in [6, 6.07) is 24.2. The van der Waals surface area contributed by atoms with Crippen LogP contribution in [-0.2, 0) is 0 Å². The van der Waals surface area contributed by atoms with Crippen LogP contribution in [0.5, 0.6) is 0 Å². The summed E-state index contributed by atoms with van der Waals surface area (Å²) in [6.45, 7) is 0. The van der Waals surface area contributed by atoms with Crippen LogP contribution in [0.3, 0.4) is 0 Å². The van der Waals surface area contributed by atoms with Gasteiger partial charge in [0.25, 0.3) is 0 Å². The maximum absolute atomic E-state index is 3.28. The third kappa shape index (κ3) is 4.02. The van der Waals surface area contributed by atoms with Gasteiger partial charge in [-0.2, -0.15) is 0 Å². The predicted molar refractivity (Wildman–Crippen MR) is 142 cm³/mol. The molecule has 0 bridgehead atoms. The quantitative estimate of drug-likeness (QED) is 0.409. The summed E-state index contributed by atoms with van der Waals surface area (Å²) in [5, 5.41) is 3.18. The highest BCUT2D eigenvalue weighted by atomic mass is 31.2. The van der Waals surface area contributed by atoms with Crippen molar-refractivity contribution in [2.75, 3.05) is 0 Å². The van der Waals surface area contributed by atoms with Gasteiger partial charge in [-0.3, -0.25) is 0 Å². The number of rotatable bonds is 5. The van der Waals surface area contributed by atoms with Crippen molar-refractivity contribution in [2.45, 2.75) is 94.4 Å². The average Bonchev–Trinajstić information content (AvgIpc) is 3.51. The number of hydrogen-bond donors (Lipinski definition) is 0. The van der Waals surface area contributed by atoms with E-state index in [0.29, 0.717) is 0 Å². The highest BCUT2D eigenvalue weighted by Gasteiger charge is 2.55. The van der Waals surface area contributed by atoms with E-state index in [-0.39, 0.29) is 8.07 Å². The molecule has 3 aliphatic carbocycles. The lowest BCUT2D eigenvalue weighted by atomic mass is 9.73. The van der Waals surface area contributed by atoms with E-state index < -0.39 is 8.07 Å². The summed E-state index contributed by atoms with van der Waals surface area (Å²) in [5.74, 6) is 2.10. The first kappa shape index (κ1) is 21.8. The van der Waals surface area contributed by atoms with Crippen molar-refractivity contribution in [3.05, 3.63) is 60.7 Å². The van der Waals surface area contributed by atoms with Crippen molar-refractivity contribution in [1.82, 2.24) is 4.44 Å². The minimum atomic E-state index is -0.439. The van der Waals surface area contributed by atoms with Crippen LogP contribution in [0.1, 0.15) is 77.0 Å². The van der Waals surface area contributed by atoms with Gasteiger partial charge in [0.05, 0.1) is 0 Å². The molecule has 3 saturated carbocycles. The zero-order valence-electron chi connectivity index (χ0n) is 19.5. The Kier molecular flexibility index (Phi) is 6.71. The van der Waals surface area contributed by atoms with E-state index in [9.17, 15) is 0 Å². The zero-order valence-corrected chi connectivity index (χ0v) is 21.3. The molecule has 32 heavy (non-hydrogen) atoms. The molecule has 0 amide bonds. The largest absolute Gasteiger partial charge is 0.249 e. The minimum absolute atomic E-state index is 0.0589. The first-order chi connectivity index (χ1) is 15.9. The molecule has 1 aliphatic heterocycles. The van der Waals surface area contributed by atoms with Crippen molar-refractivity contribution in [3.8, 4) is 0 Å². The second-order valence-corrected chi connectivity index (χ2v) is 15.6. The van der Waals surface area contributed by atoms with Gasteiger partial charge in [0.1, 0.15) is 0 Å². The van der Waals surface area contributed by atoms with Crippen molar-refractivity contribution in [3.63, 3.8) is 0 Å². The van der Waals surface area contributed by atoms with E-state index in [4.69, 9.17) is 0 Å². The van der Waals surface area contributed by atoms with Crippen LogP contribution < -0.4 is 10.6 Å². The summed E-state index contributed by atoms with van der Waals surface area (Å²) < 4.78 is 3.28. The van der Waals surface area contributed by atoms with Crippen LogP contribution in [0.2, 0.25) is 0 Å². The molecule has 4 unspecified atom stereocenters. The molecule has 1 saturated heterocycles. The van der Waals surface area contributed by atoms with Crippen LogP contribution in [0.4, 0.5) is 0 Å². The van der Waals surface area contributed by atoms with E-state index in [2.05, 4.69) is 65.1 Å². The second kappa shape index (κ2) is 9.86. The molecule has 4 aliphatic rings. The lowest BCUT2D eigenvalue weighted by molar-refractivity contribution is 0.231. The third-order valence-corrected chi connectivity index (χ3v) is 15.8. The van der Waals surface area contributed by atoms with Gasteiger partial charge in [0.15, 0.2) is 0 Å². The Hall–Kier alpha value is -0.740. The number of benzene rings is 2. The summed E-state index contributed by atoms with van der Waals surface area (Å²) in [4.78, 5) is 0. The van der Waals surface area contributed by atoms with Gasteiger partial charge in [-0.15, -0.1) is 0 Å². The van der Waals surface area contributed by atoms with Crippen LogP contribution in [0.15, 0.2) is 60.7 Å². The summed E-state index contributed by atoms with van der Waals surface area (Å²) >= 11 is 0. The topological polar surface area (TPSA) is 3.24 Å². The molecule has 2 aromatic carbocycles. The molecule has 170 valence electrons. The van der Waals surface area contributed by atoms with Gasteiger partial charge < -0.3 is 0 Å². The number of hydrogen-bond acceptors (Lipinski definition) is 1. The number of nitrogens with zero attached hydrogens (tertiary/aromatic N) is 1. The van der Waals surface area contributed by atoms with E-state index in [1.165, 1.54) is 77.0 Å². The first-order valence-corrected chi connectivity index (χ1v) is 16.1.